The van der Waals surface area contributed by atoms with E-state index in [4.69, 9.17) is 11.6 Å². The summed E-state index contributed by atoms with van der Waals surface area (Å²) >= 11 is 5.68. The van der Waals surface area contributed by atoms with Gasteiger partial charge in [-0.3, -0.25) is 14.9 Å². The van der Waals surface area contributed by atoms with Crippen LogP contribution in [0.15, 0.2) is 18.2 Å². The number of aryl methyl sites for hydroxylation is 1. The van der Waals surface area contributed by atoms with Crippen molar-refractivity contribution in [3.63, 3.8) is 0 Å². The van der Waals surface area contributed by atoms with Crippen LogP contribution in [0.3, 0.4) is 0 Å². The molecule has 0 saturated carbocycles. The zero-order valence-electron chi connectivity index (χ0n) is 8.90. The molecule has 5 heteroatoms. The van der Waals surface area contributed by atoms with E-state index in [1.165, 1.54) is 6.07 Å². The van der Waals surface area contributed by atoms with Crippen molar-refractivity contribution < 1.29 is 9.72 Å². The van der Waals surface area contributed by atoms with E-state index in [1.807, 2.05) is 0 Å². The fraction of sp³-hybridized carbons (Fsp3) is 0.364. The molecule has 0 amide bonds. The van der Waals surface area contributed by atoms with Gasteiger partial charge in [0.2, 0.25) is 0 Å². The zero-order valence-corrected chi connectivity index (χ0v) is 9.66. The Labute approximate surface area is 98.4 Å². The van der Waals surface area contributed by atoms with Crippen LogP contribution >= 0.6 is 11.6 Å². The van der Waals surface area contributed by atoms with Crippen molar-refractivity contribution in [1.29, 1.82) is 0 Å². The number of ketones is 1. The lowest BCUT2D eigenvalue weighted by atomic mass is 10.0. The molecule has 0 bridgehead atoms. The Hall–Kier alpha value is -1.42. The molecular formula is C11H12ClNO3. The first-order chi connectivity index (χ1) is 7.54. The summed E-state index contributed by atoms with van der Waals surface area (Å²) < 4.78 is 0. The van der Waals surface area contributed by atoms with Gasteiger partial charge in [0.15, 0.2) is 0 Å². The molecule has 1 rings (SSSR count). The summed E-state index contributed by atoms with van der Waals surface area (Å²) in [5, 5.41) is 11.1. The molecule has 4 nitrogen and oxygen atoms in total. The van der Waals surface area contributed by atoms with Gasteiger partial charge in [0.25, 0.3) is 5.69 Å². The summed E-state index contributed by atoms with van der Waals surface area (Å²) in [6, 6.07) is 4.51. The second-order valence-electron chi connectivity index (χ2n) is 3.42. The maximum Gasteiger partial charge on any atom is 0.274 e. The van der Waals surface area contributed by atoms with Crippen molar-refractivity contribution in [2.45, 2.75) is 26.2 Å². The largest absolute Gasteiger partial charge is 0.300 e. The van der Waals surface area contributed by atoms with Crippen LogP contribution in [0, 0.1) is 10.1 Å². The van der Waals surface area contributed by atoms with Crippen LogP contribution < -0.4 is 0 Å². The molecule has 0 aliphatic rings. The van der Waals surface area contributed by atoms with Gasteiger partial charge in [-0.15, -0.1) is 0 Å². The third kappa shape index (κ3) is 3.31. The highest BCUT2D eigenvalue weighted by atomic mass is 35.5. The van der Waals surface area contributed by atoms with Crippen molar-refractivity contribution in [1.82, 2.24) is 0 Å². The van der Waals surface area contributed by atoms with E-state index in [9.17, 15) is 14.9 Å². The third-order valence-corrected chi connectivity index (χ3v) is 2.55. The summed E-state index contributed by atoms with van der Waals surface area (Å²) in [5.74, 6) is 0.101. The van der Waals surface area contributed by atoms with Gasteiger partial charge in [-0.1, -0.05) is 24.6 Å². The number of benzene rings is 1. The summed E-state index contributed by atoms with van der Waals surface area (Å²) in [7, 11) is 0. The van der Waals surface area contributed by atoms with Gasteiger partial charge in [0, 0.05) is 29.5 Å². The van der Waals surface area contributed by atoms with E-state index in [-0.39, 0.29) is 11.5 Å². The molecule has 0 saturated heterocycles. The van der Waals surface area contributed by atoms with Crippen LogP contribution in [-0.4, -0.2) is 10.7 Å². The molecule has 0 atom stereocenters. The van der Waals surface area contributed by atoms with Gasteiger partial charge in [-0.05, 0) is 12.5 Å². The molecule has 1 aromatic carbocycles. The monoisotopic (exact) mass is 241 g/mol. The van der Waals surface area contributed by atoms with Crippen LogP contribution in [0.5, 0.6) is 0 Å². The normalized spacial score (nSPS) is 10.1. The molecule has 0 unspecified atom stereocenters. The molecular weight excluding hydrogens is 230 g/mol. The van der Waals surface area contributed by atoms with Gasteiger partial charge in [-0.2, -0.15) is 0 Å². The molecule has 0 fully saturated rings. The highest BCUT2D eigenvalue weighted by molar-refractivity contribution is 6.30. The van der Waals surface area contributed by atoms with E-state index in [0.29, 0.717) is 29.8 Å². The van der Waals surface area contributed by atoms with Crippen LogP contribution in [0.25, 0.3) is 0 Å². The molecule has 1 aromatic rings. The Morgan fingerprint density at radius 1 is 1.50 bits per heavy atom. The van der Waals surface area contributed by atoms with Crippen LogP contribution in [0.1, 0.15) is 25.3 Å². The minimum atomic E-state index is -0.475. The molecule has 16 heavy (non-hydrogen) atoms. The minimum Gasteiger partial charge on any atom is -0.300 e. The third-order valence-electron chi connectivity index (χ3n) is 2.31. The van der Waals surface area contributed by atoms with Crippen LogP contribution in [0.4, 0.5) is 5.69 Å². The lowest BCUT2D eigenvalue weighted by Crippen LogP contribution is -2.01. The number of nitro groups is 1. The Bertz CT molecular complexity index is 418. The minimum absolute atomic E-state index is 0.0172. The number of halogens is 1. The maximum absolute atomic E-state index is 11.1. The molecule has 86 valence electrons. The van der Waals surface area contributed by atoms with Crippen LogP contribution in [-0.2, 0) is 11.2 Å². The number of carbonyl (C=O) groups is 1. The van der Waals surface area contributed by atoms with Gasteiger partial charge < -0.3 is 0 Å². The van der Waals surface area contributed by atoms with E-state index in [1.54, 1.807) is 19.1 Å². The smallest absolute Gasteiger partial charge is 0.274 e. The highest BCUT2D eigenvalue weighted by Crippen LogP contribution is 2.24. The van der Waals surface area contributed by atoms with E-state index in [2.05, 4.69) is 0 Å². The number of carbonyl (C=O) groups excluding carboxylic acids is 1. The first kappa shape index (κ1) is 12.6. The molecule has 0 heterocycles. The first-order valence-electron chi connectivity index (χ1n) is 4.99. The number of rotatable bonds is 5. The lowest BCUT2D eigenvalue weighted by molar-refractivity contribution is -0.385. The topological polar surface area (TPSA) is 60.2 Å². The molecule has 0 radical (unpaired) electrons. The number of nitro benzene ring substituents is 1. The standard InChI is InChI=1S/C11H12ClNO3/c1-2-10(14)6-4-8-3-5-9(12)7-11(8)13(15)16/h3,5,7H,2,4,6H2,1H3. The van der Waals surface area contributed by atoms with Crippen molar-refractivity contribution in [3.8, 4) is 0 Å². The molecule has 0 aliphatic carbocycles. The number of hydrogen-bond donors (Lipinski definition) is 0. The second kappa shape index (κ2) is 5.61. The molecule has 0 spiro atoms. The van der Waals surface area contributed by atoms with E-state index in [0.717, 1.165) is 0 Å². The molecule has 0 aliphatic heterocycles. The first-order valence-corrected chi connectivity index (χ1v) is 5.37. The summed E-state index contributed by atoms with van der Waals surface area (Å²) in [6.07, 6.45) is 1.18. The average Bonchev–Trinajstić information content (AvgIpc) is 2.26. The van der Waals surface area contributed by atoms with Gasteiger partial charge >= 0.3 is 0 Å². The van der Waals surface area contributed by atoms with Crippen molar-refractivity contribution in [3.05, 3.63) is 38.9 Å². The van der Waals surface area contributed by atoms with Gasteiger partial charge in [0.1, 0.15) is 5.78 Å². The zero-order chi connectivity index (χ0) is 12.1. The SMILES string of the molecule is CCC(=O)CCc1ccc(Cl)cc1[N+](=O)[O-]. The van der Waals surface area contributed by atoms with E-state index < -0.39 is 4.92 Å². The van der Waals surface area contributed by atoms with Gasteiger partial charge in [0.05, 0.1) is 4.92 Å². The Morgan fingerprint density at radius 3 is 2.75 bits per heavy atom. The summed E-state index contributed by atoms with van der Waals surface area (Å²) in [6.45, 7) is 1.78. The highest BCUT2D eigenvalue weighted by Gasteiger charge is 2.14. The number of nitrogens with zero attached hydrogens (tertiary/aromatic N) is 1. The van der Waals surface area contributed by atoms with Crippen LogP contribution in [0.2, 0.25) is 5.02 Å². The maximum atomic E-state index is 11.1. The van der Waals surface area contributed by atoms with E-state index >= 15 is 0 Å². The fourth-order valence-electron chi connectivity index (χ4n) is 1.37. The second-order valence-corrected chi connectivity index (χ2v) is 3.86. The Morgan fingerprint density at radius 2 is 2.19 bits per heavy atom. The molecule has 0 aromatic heterocycles. The number of Topliss-reactive ketones (excluding diaryl/α,β-unsaturated/α-hetero) is 1. The van der Waals surface area contributed by atoms with Crippen molar-refractivity contribution in [2.24, 2.45) is 0 Å². The number of hydrogen-bond acceptors (Lipinski definition) is 3. The quantitative estimate of drug-likeness (QED) is 0.588. The Balaban J connectivity index is 2.87. The fourth-order valence-corrected chi connectivity index (χ4v) is 1.54. The molecule has 0 N–H and O–H groups in total. The van der Waals surface area contributed by atoms with Gasteiger partial charge in [-0.25, -0.2) is 0 Å². The Kier molecular flexibility index (Phi) is 4.43. The predicted octanol–water partition coefficient (Wildman–Crippen LogP) is 3.16. The van der Waals surface area contributed by atoms with Crippen molar-refractivity contribution in [2.75, 3.05) is 0 Å². The predicted molar refractivity (Wildman–Crippen MR) is 61.7 cm³/mol. The summed E-state index contributed by atoms with van der Waals surface area (Å²) in [5.41, 5.74) is 0.535. The summed E-state index contributed by atoms with van der Waals surface area (Å²) in [4.78, 5) is 21.4. The van der Waals surface area contributed by atoms with Crippen molar-refractivity contribution >= 4 is 23.1 Å². The average molecular weight is 242 g/mol. The lowest BCUT2D eigenvalue weighted by Gasteiger charge is -2.02.